The van der Waals surface area contributed by atoms with Crippen molar-refractivity contribution in [3.63, 3.8) is 0 Å². The smallest absolute Gasteiger partial charge is 0.172 e. The molecule has 4 heteroatoms. The summed E-state index contributed by atoms with van der Waals surface area (Å²) in [4.78, 5) is 14.5. The summed E-state index contributed by atoms with van der Waals surface area (Å²) < 4.78 is 5.35. The Kier molecular flexibility index (Phi) is 4.51. The Labute approximate surface area is 117 Å². The van der Waals surface area contributed by atoms with Crippen LogP contribution in [0.3, 0.4) is 0 Å². The summed E-state index contributed by atoms with van der Waals surface area (Å²) in [6.07, 6.45) is 2.48. The number of methoxy groups -OCH3 is 1. The van der Waals surface area contributed by atoms with Crippen molar-refractivity contribution in [3.8, 4) is 0 Å². The molecule has 0 aromatic carbocycles. The largest absolute Gasteiger partial charge is 0.379 e. The highest BCUT2D eigenvalue weighted by molar-refractivity contribution is 7.98. The third-order valence-electron chi connectivity index (χ3n) is 3.41. The van der Waals surface area contributed by atoms with Crippen molar-refractivity contribution in [1.29, 1.82) is 0 Å². The molecular formula is C14H20O2S2. The van der Waals surface area contributed by atoms with Gasteiger partial charge in [-0.15, -0.1) is 11.3 Å². The second kappa shape index (κ2) is 5.76. The lowest BCUT2D eigenvalue weighted by Crippen LogP contribution is -2.23. The van der Waals surface area contributed by atoms with E-state index in [9.17, 15) is 4.79 Å². The van der Waals surface area contributed by atoms with Crippen LogP contribution in [0, 0.1) is 0 Å². The zero-order valence-corrected chi connectivity index (χ0v) is 12.9. The van der Waals surface area contributed by atoms with E-state index in [1.807, 2.05) is 25.6 Å². The number of hydrogen-bond donors (Lipinski definition) is 0. The monoisotopic (exact) mass is 284 g/mol. The number of thiophene rings is 1. The average molecular weight is 284 g/mol. The number of Topliss-reactive ketones (excluding diaryl/α,β-unsaturated/α-hetero) is 1. The van der Waals surface area contributed by atoms with Crippen LogP contribution in [0.25, 0.3) is 0 Å². The number of aryl methyl sites for hydroxylation is 1. The number of fused-ring (bicyclic) bond motifs is 1. The molecule has 1 aromatic rings. The summed E-state index contributed by atoms with van der Waals surface area (Å²) >= 11 is 3.66. The van der Waals surface area contributed by atoms with Gasteiger partial charge in [0.15, 0.2) is 5.78 Å². The third-order valence-corrected chi connectivity index (χ3v) is 5.70. The van der Waals surface area contributed by atoms with E-state index in [1.54, 1.807) is 18.4 Å². The van der Waals surface area contributed by atoms with Crippen molar-refractivity contribution in [2.24, 2.45) is 0 Å². The molecule has 1 aliphatic rings. The minimum atomic E-state index is -0.206. The van der Waals surface area contributed by atoms with E-state index in [2.05, 4.69) is 6.07 Å². The fraction of sp³-hybridized carbons (Fsp3) is 0.643. The van der Waals surface area contributed by atoms with Gasteiger partial charge in [0.1, 0.15) is 0 Å². The minimum Gasteiger partial charge on any atom is -0.379 e. The lowest BCUT2D eigenvalue weighted by Gasteiger charge is -2.21. The summed E-state index contributed by atoms with van der Waals surface area (Å²) in [5.74, 6) is 2.53. The van der Waals surface area contributed by atoms with Crippen LogP contribution >= 0.6 is 23.1 Å². The normalized spacial score (nSPS) is 15.5. The Morgan fingerprint density at radius 3 is 2.94 bits per heavy atom. The number of ether oxygens (including phenoxy) is 1. The molecule has 0 N–H and O–H groups in total. The van der Waals surface area contributed by atoms with Crippen LogP contribution in [0.2, 0.25) is 0 Å². The van der Waals surface area contributed by atoms with Gasteiger partial charge in [-0.2, -0.15) is 11.8 Å². The minimum absolute atomic E-state index is 0.206. The molecule has 0 bridgehead atoms. The fourth-order valence-electron chi connectivity index (χ4n) is 1.92. The van der Waals surface area contributed by atoms with Gasteiger partial charge in [-0.3, -0.25) is 4.79 Å². The molecule has 2 rings (SSSR count). The molecule has 0 unspecified atom stereocenters. The SMILES string of the molecule is COC(C)(C)CCC(=O)c1cc2c(s1)CCSC2. The summed E-state index contributed by atoms with van der Waals surface area (Å²) in [6.45, 7) is 4.05. The molecule has 1 aromatic heterocycles. The first kappa shape index (κ1) is 14.1. The quantitative estimate of drug-likeness (QED) is 0.766. The first-order chi connectivity index (χ1) is 8.52. The molecule has 2 heterocycles. The van der Waals surface area contributed by atoms with E-state index in [1.165, 1.54) is 16.2 Å². The van der Waals surface area contributed by atoms with Crippen LogP contribution in [-0.2, 0) is 16.9 Å². The summed E-state index contributed by atoms with van der Waals surface area (Å²) in [6, 6.07) is 2.11. The van der Waals surface area contributed by atoms with E-state index in [-0.39, 0.29) is 11.4 Å². The molecule has 0 fully saturated rings. The Hall–Kier alpha value is -0.320. The van der Waals surface area contributed by atoms with Crippen molar-refractivity contribution in [3.05, 3.63) is 21.4 Å². The van der Waals surface area contributed by atoms with Crippen LogP contribution in [0.5, 0.6) is 0 Å². The summed E-state index contributed by atoms with van der Waals surface area (Å²) in [7, 11) is 1.70. The van der Waals surface area contributed by atoms with Gasteiger partial charge in [0.2, 0.25) is 0 Å². The zero-order chi connectivity index (χ0) is 13.2. The maximum Gasteiger partial charge on any atom is 0.172 e. The van der Waals surface area contributed by atoms with Crippen molar-refractivity contribution in [2.45, 2.75) is 44.5 Å². The average Bonchev–Trinajstić information content (AvgIpc) is 2.80. The zero-order valence-electron chi connectivity index (χ0n) is 11.2. The van der Waals surface area contributed by atoms with Gasteiger partial charge in [-0.25, -0.2) is 0 Å². The lowest BCUT2D eigenvalue weighted by molar-refractivity contribution is 0.0142. The molecule has 100 valence electrons. The standard InChI is InChI=1S/C14H20O2S2/c1-14(2,16-3)6-4-11(15)13-8-10-9-17-7-5-12(10)18-13/h8H,4-7,9H2,1-3H3. The maximum atomic E-state index is 12.2. The van der Waals surface area contributed by atoms with E-state index in [4.69, 9.17) is 4.74 Å². The van der Waals surface area contributed by atoms with Crippen molar-refractivity contribution >= 4 is 28.9 Å². The van der Waals surface area contributed by atoms with Crippen LogP contribution in [-0.4, -0.2) is 24.2 Å². The number of thioether (sulfide) groups is 1. The topological polar surface area (TPSA) is 26.3 Å². The predicted molar refractivity (Wildman–Crippen MR) is 78.8 cm³/mol. The number of carbonyl (C=O) groups excluding carboxylic acids is 1. The first-order valence-electron chi connectivity index (χ1n) is 6.29. The van der Waals surface area contributed by atoms with E-state index in [0.717, 1.165) is 23.5 Å². The Morgan fingerprint density at radius 2 is 2.28 bits per heavy atom. The highest BCUT2D eigenvalue weighted by atomic mass is 32.2. The van der Waals surface area contributed by atoms with Gasteiger partial charge >= 0.3 is 0 Å². The number of ketones is 1. The first-order valence-corrected chi connectivity index (χ1v) is 8.26. The second-order valence-corrected chi connectivity index (χ2v) is 7.49. The second-order valence-electron chi connectivity index (χ2n) is 5.25. The molecule has 18 heavy (non-hydrogen) atoms. The van der Waals surface area contributed by atoms with Crippen molar-refractivity contribution in [2.75, 3.05) is 12.9 Å². The maximum absolute atomic E-state index is 12.2. The summed E-state index contributed by atoms with van der Waals surface area (Å²) in [5.41, 5.74) is 1.17. The molecule has 0 atom stereocenters. The molecule has 2 nitrogen and oxygen atoms in total. The highest BCUT2D eigenvalue weighted by Gasteiger charge is 2.21. The van der Waals surface area contributed by atoms with E-state index < -0.39 is 0 Å². The Bertz CT molecular complexity index is 412. The molecule has 1 aliphatic heterocycles. The van der Waals surface area contributed by atoms with Crippen LogP contribution in [0.4, 0.5) is 0 Å². The van der Waals surface area contributed by atoms with Gasteiger partial charge in [0.25, 0.3) is 0 Å². The van der Waals surface area contributed by atoms with Gasteiger partial charge in [0.05, 0.1) is 10.5 Å². The van der Waals surface area contributed by atoms with E-state index >= 15 is 0 Å². The van der Waals surface area contributed by atoms with Crippen molar-refractivity contribution < 1.29 is 9.53 Å². The fourth-order valence-corrected chi connectivity index (χ4v) is 4.26. The van der Waals surface area contributed by atoms with Crippen LogP contribution in [0.1, 0.15) is 46.8 Å². The number of rotatable bonds is 5. The molecule has 0 amide bonds. The molecule has 0 saturated carbocycles. The predicted octanol–water partition coefficient (Wildman–Crippen LogP) is 3.93. The molecule has 0 spiro atoms. The number of carbonyl (C=O) groups is 1. The number of hydrogen-bond acceptors (Lipinski definition) is 4. The molecule has 0 radical (unpaired) electrons. The molecule has 0 saturated heterocycles. The van der Waals surface area contributed by atoms with Crippen LogP contribution < -0.4 is 0 Å². The van der Waals surface area contributed by atoms with Crippen molar-refractivity contribution in [1.82, 2.24) is 0 Å². The lowest BCUT2D eigenvalue weighted by atomic mass is 10.00. The van der Waals surface area contributed by atoms with E-state index in [0.29, 0.717) is 6.42 Å². The Balaban J connectivity index is 1.99. The van der Waals surface area contributed by atoms with Gasteiger partial charge in [-0.1, -0.05) is 0 Å². The summed E-state index contributed by atoms with van der Waals surface area (Å²) in [5, 5.41) is 0. The Morgan fingerprint density at radius 1 is 1.50 bits per heavy atom. The third kappa shape index (κ3) is 3.37. The molecular weight excluding hydrogens is 264 g/mol. The van der Waals surface area contributed by atoms with Gasteiger partial charge in [0, 0.05) is 24.2 Å². The highest BCUT2D eigenvalue weighted by Crippen LogP contribution is 2.32. The molecule has 0 aliphatic carbocycles. The van der Waals surface area contributed by atoms with Crippen LogP contribution in [0.15, 0.2) is 6.07 Å². The van der Waals surface area contributed by atoms with Gasteiger partial charge in [-0.05, 0) is 44.1 Å². The van der Waals surface area contributed by atoms with Gasteiger partial charge < -0.3 is 4.74 Å².